The third-order valence-corrected chi connectivity index (χ3v) is 10.9. The number of aromatic nitrogens is 2. The van der Waals surface area contributed by atoms with Crippen LogP contribution in [0.2, 0.25) is 0 Å². The first kappa shape index (κ1) is 36.1. The third kappa shape index (κ3) is 8.30. The second-order valence-corrected chi connectivity index (χ2v) is 14.6. The van der Waals surface area contributed by atoms with Gasteiger partial charge in [-0.15, -0.1) is 0 Å². The van der Waals surface area contributed by atoms with Gasteiger partial charge < -0.3 is 34.2 Å². The molecule has 2 saturated heterocycles. The molecule has 0 saturated carbocycles. The number of piperazine rings is 1. The van der Waals surface area contributed by atoms with E-state index in [0.717, 1.165) is 82.8 Å². The molecule has 2 fully saturated rings. The summed E-state index contributed by atoms with van der Waals surface area (Å²) < 4.78 is 18.6. The number of hydrogen-bond acceptors (Lipinski definition) is 10. The fourth-order valence-corrected chi connectivity index (χ4v) is 7.99. The minimum Gasteiger partial charge on any atom is -0.489 e. The summed E-state index contributed by atoms with van der Waals surface area (Å²) >= 11 is 0. The zero-order chi connectivity index (χ0) is 37.6. The third-order valence-electron chi connectivity index (χ3n) is 10.9. The Morgan fingerprint density at radius 3 is 2.45 bits per heavy atom. The van der Waals surface area contributed by atoms with Crippen molar-refractivity contribution < 1.29 is 19.0 Å². The lowest BCUT2D eigenvalue weighted by Gasteiger charge is -2.42. The normalized spacial score (nSPS) is 18.7. The molecule has 11 nitrogen and oxygen atoms in total. The Balaban J connectivity index is 1.07. The van der Waals surface area contributed by atoms with Crippen LogP contribution in [0, 0.1) is 11.3 Å². The van der Waals surface area contributed by atoms with Crippen molar-refractivity contribution in [3.8, 4) is 17.8 Å². The van der Waals surface area contributed by atoms with Crippen LogP contribution in [-0.4, -0.2) is 71.9 Å². The first-order valence-corrected chi connectivity index (χ1v) is 19.4. The zero-order valence-electron chi connectivity index (χ0n) is 31.3. The molecule has 1 aromatic heterocycles. The molecule has 0 bridgehead atoms. The summed E-state index contributed by atoms with van der Waals surface area (Å²) in [6, 6.07) is 35.1. The number of anilines is 2. The van der Waals surface area contributed by atoms with Gasteiger partial charge in [-0.2, -0.15) is 15.2 Å². The topological polar surface area (TPSA) is 116 Å². The average molecular weight is 738 g/mol. The monoisotopic (exact) mass is 737 g/mol. The van der Waals surface area contributed by atoms with Crippen molar-refractivity contribution in [2.75, 3.05) is 42.5 Å². The number of carbonyl (C=O) groups is 1. The van der Waals surface area contributed by atoms with E-state index in [9.17, 15) is 10.1 Å². The van der Waals surface area contributed by atoms with E-state index < -0.39 is 6.09 Å². The van der Waals surface area contributed by atoms with Crippen LogP contribution in [0.25, 0.3) is 10.8 Å². The maximum atomic E-state index is 13.3. The van der Waals surface area contributed by atoms with Crippen LogP contribution < -0.4 is 24.6 Å². The summed E-state index contributed by atoms with van der Waals surface area (Å²) in [5.41, 5.74) is 5.12. The predicted molar refractivity (Wildman–Crippen MR) is 212 cm³/mol. The van der Waals surface area contributed by atoms with E-state index in [4.69, 9.17) is 24.2 Å². The molecule has 1 amide bonds. The molecule has 11 heteroatoms. The molecule has 8 rings (SSSR count). The van der Waals surface area contributed by atoms with Gasteiger partial charge in [0.1, 0.15) is 30.9 Å². The maximum Gasteiger partial charge on any atom is 0.410 e. The molecule has 5 aromatic rings. The molecule has 282 valence electrons. The van der Waals surface area contributed by atoms with Crippen LogP contribution in [0.3, 0.4) is 0 Å². The first-order chi connectivity index (χ1) is 27.0. The summed E-state index contributed by atoms with van der Waals surface area (Å²) in [6.45, 7) is 6.44. The lowest BCUT2D eigenvalue weighted by molar-refractivity contribution is 0.0767. The van der Waals surface area contributed by atoms with Gasteiger partial charge in [-0.1, -0.05) is 84.9 Å². The first-order valence-electron chi connectivity index (χ1n) is 19.4. The minimum atomic E-state index is -0.409. The van der Waals surface area contributed by atoms with Crippen LogP contribution in [-0.2, 0) is 30.9 Å². The number of benzene rings is 4. The molecule has 0 aliphatic carbocycles. The fraction of sp³-hybridized carbons (Fsp3) is 0.364. The molecular weight excluding hydrogens is 691 g/mol. The van der Waals surface area contributed by atoms with E-state index in [1.54, 1.807) is 4.90 Å². The molecule has 3 aliphatic rings. The highest BCUT2D eigenvalue weighted by molar-refractivity contribution is 5.96. The average Bonchev–Trinajstić information content (AvgIpc) is 3.78. The summed E-state index contributed by atoms with van der Waals surface area (Å²) in [5, 5.41) is 15.7. The SMILES string of the molecule is C[C@@H](Oc1nc2c(c(N3CCN(C(=O)OCc4ccccc4)[C@@H](CC#N)C3)n1)CCN(c1cc(OCc3ccccc3)cc3ccccc13)C2)[C@H]1CCCN1. The van der Waals surface area contributed by atoms with Crippen LogP contribution in [0.15, 0.2) is 97.1 Å². The van der Waals surface area contributed by atoms with Gasteiger partial charge in [0, 0.05) is 54.9 Å². The summed E-state index contributed by atoms with van der Waals surface area (Å²) in [5.74, 6) is 1.63. The zero-order valence-corrected chi connectivity index (χ0v) is 31.3. The standard InChI is InChI=1S/C44H47N7O4/c1-31(39-17-10-21-46-39)55-43-47-40-28-49(41-26-36(25-34-15-8-9-16-37(34)41)53-29-32-11-4-2-5-12-32)22-19-38(40)42(48-43)50-23-24-51(35(27-50)18-20-45)44(52)54-30-33-13-6-3-7-14-33/h2-9,11-16,25-26,31,35,39,46H,10,17-19,21-24,27-30H2,1H3/t31-,35+,39-/m1/s1. The Bertz CT molecular complexity index is 2140. The van der Waals surface area contributed by atoms with E-state index in [-0.39, 0.29) is 31.2 Å². The van der Waals surface area contributed by atoms with Crippen molar-refractivity contribution in [2.24, 2.45) is 0 Å². The van der Waals surface area contributed by atoms with Crippen LogP contribution >= 0.6 is 0 Å². The molecule has 0 radical (unpaired) electrons. The van der Waals surface area contributed by atoms with Crippen molar-refractivity contribution in [1.82, 2.24) is 20.2 Å². The largest absolute Gasteiger partial charge is 0.489 e. The van der Waals surface area contributed by atoms with Crippen LogP contribution in [0.5, 0.6) is 11.8 Å². The van der Waals surface area contributed by atoms with Crippen LogP contribution in [0.1, 0.15) is 48.6 Å². The van der Waals surface area contributed by atoms with Gasteiger partial charge in [-0.05, 0) is 55.3 Å². The predicted octanol–water partition coefficient (Wildman–Crippen LogP) is 7.03. The van der Waals surface area contributed by atoms with E-state index in [1.807, 2.05) is 48.5 Å². The number of hydrogen-bond donors (Lipinski definition) is 1. The highest BCUT2D eigenvalue weighted by Crippen LogP contribution is 2.37. The van der Waals surface area contributed by atoms with Gasteiger partial charge in [0.2, 0.25) is 0 Å². The Hall–Kier alpha value is -5.86. The molecule has 0 spiro atoms. The molecule has 4 heterocycles. The quantitative estimate of drug-likeness (QED) is 0.152. The summed E-state index contributed by atoms with van der Waals surface area (Å²) in [4.78, 5) is 29.8. The number of ether oxygens (including phenoxy) is 3. The van der Waals surface area contributed by atoms with E-state index >= 15 is 0 Å². The number of nitrogens with zero attached hydrogens (tertiary/aromatic N) is 6. The number of fused-ring (bicyclic) bond motifs is 2. The van der Waals surface area contributed by atoms with Gasteiger partial charge in [0.15, 0.2) is 0 Å². The van der Waals surface area contributed by atoms with Crippen molar-refractivity contribution >= 4 is 28.4 Å². The molecule has 3 atom stereocenters. The lowest BCUT2D eigenvalue weighted by Crippen LogP contribution is -2.55. The molecule has 55 heavy (non-hydrogen) atoms. The Morgan fingerprint density at radius 1 is 0.927 bits per heavy atom. The fourth-order valence-electron chi connectivity index (χ4n) is 7.99. The van der Waals surface area contributed by atoms with Crippen molar-refractivity contribution in [1.29, 1.82) is 5.26 Å². The summed E-state index contributed by atoms with van der Waals surface area (Å²) in [6.07, 6.45) is 2.54. The van der Waals surface area contributed by atoms with Crippen LogP contribution in [0.4, 0.5) is 16.3 Å². The Kier molecular flexibility index (Phi) is 10.9. The molecular formula is C44H47N7O4. The smallest absolute Gasteiger partial charge is 0.410 e. The van der Waals surface area contributed by atoms with Crippen molar-refractivity contribution in [3.63, 3.8) is 0 Å². The summed E-state index contributed by atoms with van der Waals surface area (Å²) in [7, 11) is 0. The second-order valence-electron chi connectivity index (χ2n) is 14.6. The lowest BCUT2D eigenvalue weighted by atomic mass is 10.0. The highest BCUT2D eigenvalue weighted by Gasteiger charge is 2.35. The van der Waals surface area contributed by atoms with E-state index in [2.05, 4.69) is 76.6 Å². The molecule has 4 aromatic carbocycles. The number of rotatable bonds is 11. The Labute approximate surface area is 322 Å². The molecule has 3 aliphatic heterocycles. The van der Waals surface area contributed by atoms with Gasteiger partial charge >= 0.3 is 12.1 Å². The molecule has 0 unspecified atom stereocenters. The Morgan fingerprint density at radius 2 is 1.69 bits per heavy atom. The number of amides is 1. The number of nitrogens with one attached hydrogen (secondary N) is 1. The minimum absolute atomic E-state index is 0.113. The van der Waals surface area contributed by atoms with Gasteiger partial charge in [0.25, 0.3) is 0 Å². The van der Waals surface area contributed by atoms with Gasteiger partial charge in [0.05, 0.1) is 30.8 Å². The van der Waals surface area contributed by atoms with Gasteiger partial charge in [-0.3, -0.25) is 0 Å². The van der Waals surface area contributed by atoms with E-state index in [1.165, 1.54) is 0 Å². The van der Waals surface area contributed by atoms with Crippen molar-refractivity contribution in [3.05, 3.63) is 119 Å². The second kappa shape index (κ2) is 16.7. The number of nitriles is 1. The van der Waals surface area contributed by atoms with E-state index in [0.29, 0.717) is 38.8 Å². The van der Waals surface area contributed by atoms with Crippen molar-refractivity contribution in [2.45, 2.75) is 70.6 Å². The maximum absolute atomic E-state index is 13.3. The molecule has 1 N–H and O–H groups in total. The van der Waals surface area contributed by atoms with Gasteiger partial charge in [-0.25, -0.2) is 4.79 Å². The highest BCUT2D eigenvalue weighted by atomic mass is 16.6. The number of carbonyl (C=O) groups excluding carboxylic acids is 1.